The first-order valence-electron chi connectivity index (χ1n) is 9.48. The lowest BCUT2D eigenvalue weighted by Gasteiger charge is -2.33. The second-order valence-corrected chi connectivity index (χ2v) is 7.20. The average Bonchev–Trinajstić information content (AvgIpc) is 3.40. The third-order valence-electron chi connectivity index (χ3n) is 4.84. The van der Waals surface area contributed by atoms with E-state index in [1.165, 1.54) is 0 Å². The van der Waals surface area contributed by atoms with Crippen molar-refractivity contribution in [2.75, 3.05) is 11.9 Å². The Balaban J connectivity index is 1.51. The summed E-state index contributed by atoms with van der Waals surface area (Å²) in [5.74, 6) is 1.36. The SMILES string of the molecule is CC(C)c1noc([C@@H]2CCCCN2C(=O)Nc2cccc(-n3cnnc3)c2)n1. The summed E-state index contributed by atoms with van der Waals surface area (Å²) in [5.41, 5.74) is 1.57. The van der Waals surface area contributed by atoms with Crippen molar-refractivity contribution in [3.8, 4) is 5.69 Å². The molecule has 1 saturated heterocycles. The summed E-state index contributed by atoms with van der Waals surface area (Å²) in [4.78, 5) is 19.3. The highest BCUT2D eigenvalue weighted by atomic mass is 16.5. The molecule has 9 heteroatoms. The molecule has 0 radical (unpaired) electrons. The molecule has 4 rings (SSSR count). The summed E-state index contributed by atoms with van der Waals surface area (Å²) in [5, 5.41) is 14.7. The monoisotopic (exact) mass is 381 g/mol. The number of benzene rings is 1. The predicted octanol–water partition coefficient (Wildman–Crippen LogP) is 3.53. The number of hydrogen-bond donors (Lipinski definition) is 1. The van der Waals surface area contributed by atoms with Crippen LogP contribution in [-0.4, -0.2) is 42.4 Å². The fourth-order valence-corrected chi connectivity index (χ4v) is 3.32. The van der Waals surface area contributed by atoms with E-state index in [2.05, 4.69) is 25.7 Å². The molecule has 1 aliphatic rings. The highest BCUT2D eigenvalue weighted by Crippen LogP contribution is 2.31. The Kier molecular flexibility index (Phi) is 5.05. The molecule has 28 heavy (non-hydrogen) atoms. The van der Waals surface area contributed by atoms with Crippen molar-refractivity contribution in [2.24, 2.45) is 0 Å². The molecule has 1 atom stereocenters. The maximum Gasteiger partial charge on any atom is 0.322 e. The van der Waals surface area contributed by atoms with Crippen LogP contribution in [0.2, 0.25) is 0 Å². The molecule has 1 aliphatic heterocycles. The number of rotatable bonds is 4. The zero-order chi connectivity index (χ0) is 19.5. The van der Waals surface area contributed by atoms with E-state index in [-0.39, 0.29) is 18.0 Å². The van der Waals surface area contributed by atoms with Crippen molar-refractivity contribution in [1.82, 2.24) is 29.8 Å². The van der Waals surface area contributed by atoms with Crippen molar-refractivity contribution in [1.29, 1.82) is 0 Å². The molecule has 0 bridgehead atoms. The van der Waals surface area contributed by atoms with Gasteiger partial charge in [-0.15, -0.1) is 10.2 Å². The molecule has 0 aliphatic carbocycles. The minimum Gasteiger partial charge on any atom is -0.337 e. The summed E-state index contributed by atoms with van der Waals surface area (Å²) in [6.45, 7) is 4.69. The number of aromatic nitrogens is 5. The van der Waals surface area contributed by atoms with Crippen LogP contribution >= 0.6 is 0 Å². The number of likely N-dealkylation sites (tertiary alicyclic amines) is 1. The van der Waals surface area contributed by atoms with E-state index < -0.39 is 0 Å². The second-order valence-electron chi connectivity index (χ2n) is 7.20. The quantitative estimate of drug-likeness (QED) is 0.742. The van der Waals surface area contributed by atoms with Crippen LogP contribution in [0.5, 0.6) is 0 Å². The maximum absolute atomic E-state index is 13.0. The van der Waals surface area contributed by atoms with Gasteiger partial charge in [-0.3, -0.25) is 4.57 Å². The van der Waals surface area contributed by atoms with E-state index in [0.29, 0.717) is 23.9 Å². The third kappa shape index (κ3) is 3.73. The third-order valence-corrected chi connectivity index (χ3v) is 4.84. The van der Waals surface area contributed by atoms with Gasteiger partial charge in [0, 0.05) is 18.2 Å². The highest BCUT2D eigenvalue weighted by Gasteiger charge is 2.32. The van der Waals surface area contributed by atoms with Crippen LogP contribution in [0, 0.1) is 0 Å². The Morgan fingerprint density at radius 3 is 2.82 bits per heavy atom. The summed E-state index contributed by atoms with van der Waals surface area (Å²) < 4.78 is 7.25. The summed E-state index contributed by atoms with van der Waals surface area (Å²) >= 11 is 0. The molecule has 1 N–H and O–H groups in total. The Morgan fingerprint density at radius 1 is 1.25 bits per heavy atom. The van der Waals surface area contributed by atoms with Crippen LogP contribution < -0.4 is 5.32 Å². The number of carbonyl (C=O) groups excluding carboxylic acids is 1. The Labute approximate surface area is 162 Å². The fraction of sp³-hybridized carbons (Fsp3) is 0.421. The lowest BCUT2D eigenvalue weighted by molar-refractivity contribution is 0.142. The van der Waals surface area contributed by atoms with E-state index in [9.17, 15) is 4.79 Å². The van der Waals surface area contributed by atoms with Crippen LogP contribution in [0.1, 0.15) is 56.8 Å². The number of hydrogen-bond acceptors (Lipinski definition) is 6. The standard InChI is InChI=1S/C19H23N7O2/c1-13(2)17-23-18(28-24-17)16-8-3-4-9-26(16)19(27)22-14-6-5-7-15(10-14)25-11-20-21-12-25/h5-7,10-13,16H,3-4,8-9H2,1-2H3,(H,22,27)/t16-/m0/s1. The molecule has 3 heterocycles. The van der Waals surface area contributed by atoms with Crippen LogP contribution in [0.3, 0.4) is 0 Å². The molecule has 3 aromatic rings. The number of nitrogens with zero attached hydrogens (tertiary/aromatic N) is 6. The molecule has 9 nitrogen and oxygen atoms in total. The van der Waals surface area contributed by atoms with Gasteiger partial charge in [0.25, 0.3) is 0 Å². The number of amides is 2. The number of carbonyl (C=O) groups is 1. The molecule has 2 aromatic heterocycles. The lowest BCUT2D eigenvalue weighted by Crippen LogP contribution is -2.41. The summed E-state index contributed by atoms with van der Waals surface area (Å²) in [6, 6.07) is 7.17. The topological polar surface area (TPSA) is 102 Å². The average molecular weight is 381 g/mol. The smallest absolute Gasteiger partial charge is 0.322 e. The first kappa shape index (κ1) is 18.1. The Bertz CT molecular complexity index is 935. The maximum atomic E-state index is 13.0. The molecule has 0 saturated carbocycles. The van der Waals surface area contributed by atoms with Gasteiger partial charge in [-0.05, 0) is 37.5 Å². The number of nitrogens with one attached hydrogen (secondary N) is 1. The molecule has 0 unspecified atom stereocenters. The van der Waals surface area contributed by atoms with Crippen LogP contribution in [-0.2, 0) is 0 Å². The zero-order valence-corrected chi connectivity index (χ0v) is 15.9. The van der Waals surface area contributed by atoms with E-state index >= 15 is 0 Å². The first-order chi connectivity index (χ1) is 13.6. The normalized spacial score (nSPS) is 17.1. The summed E-state index contributed by atoms with van der Waals surface area (Å²) in [6.07, 6.45) is 6.02. The van der Waals surface area contributed by atoms with Crippen LogP contribution in [0.15, 0.2) is 41.4 Å². The Hall–Kier alpha value is -3.23. The van der Waals surface area contributed by atoms with Gasteiger partial charge in [0.15, 0.2) is 5.82 Å². The zero-order valence-electron chi connectivity index (χ0n) is 15.9. The molecule has 0 spiro atoms. The fourth-order valence-electron chi connectivity index (χ4n) is 3.32. The van der Waals surface area contributed by atoms with E-state index in [4.69, 9.17) is 4.52 Å². The van der Waals surface area contributed by atoms with E-state index in [0.717, 1.165) is 24.9 Å². The van der Waals surface area contributed by atoms with Crippen LogP contribution in [0.25, 0.3) is 5.69 Å². The largest absolute Gasteiger partial charge is 0.337 e. The Morgan fingerprint density at radius 2 is 2.07 bits per heavy atom. The van der Waals surface area contributed by atoms with Crippen molar-refractivity contribution < 1.29 is 9.32 Å². The van der Waals surface area contributed by atoms with E-state index in [1.807, 2.05) is 38.1 Å². The summed E-state index contributed by atoms with van der Waals surface area (Å²) in [7, 11) is 0. The van der Waals surface area contributed by atoms with Gasteiger partial charge in [0.2, 0.25) is 5.89 Å². The van der Waals surface area contributed by atoms with Gasteiger partial charge in [-0.25, -0.2) is 4.79 Å². The molecular formula is C19H23N7O2. The molecule has 146 valence electrons. The molecule has 1 fully saturated rings. The predicted molar refractivity (Wildman–Crippen MR) is 102 cm³/mol. The lowest BCUT2D eigenvalue weighted by atomic mass is 10.0. The number of piperidine rings is 1. The van der Waals surface area contributed by atoms with Crippen LogP contribution in [0.4, 0.5) is 10.5 Å². The van der Waals surface area contributed by atoms with E-state index in [1.54, 1.807) is 22.1 Å². The minimum atomic E-state index is -0.199. The van der Waals surface area contributed by atoms with Crippen molar-refractivity contribution in [3.63, 3.8) is 0 Å². The van der Waals surface area contributed by atoms with Gasteiger partial charge < -0.3 is 14.7 Å². The molecule has 1 aromatic carbocycles. The number of urea groups is 1. The van der Waals surface area contributed by atoms with Crippen molar-refractivity contribution >= 4 is 11.7 Å². The minimum absolute atomic E-state index is 0.171. The van der Waals surface area contributed by atoms with Gasteiger partial charge in [0.1, 0.15) is 18.7 Å². The number of anilines is 1. The second kappa shape index (κ2) is 7.79. The molecule has 2 amide bonds. The van der Waals surface area contributed by atoms with Crippen molar-refractivity contribution in [2.45, 2.75) is 45.1 Å². The van der Waals surface area contributed by atoms with Gasteiger partial charge in [0.05, 0.1) is 5.69 Å². The van der Waals surface area contributed by atoms with Gasteiger partial charge in [-0.2, -0.15) is 4.98 Å². The highest BCUT2D eigenvalue weighted by molar-refractivity contribution is 5.90. The molecular weight excluding hydrogens is 358 g/mol. The first-order valence-corrected chi connectivity index (χ1v) is 9.48. The van der Waals surface area contributed by atoms with Gasteiger partial charge >= 0.3 is 6.03 Å². The van der Waals surface area contributed by atoms with Crippen molar-refractivity contribution in [3.05, 3.63) is 48.6 Å². The van der Waals surface area contributed by atoms with Gasteiger partial charge in [-0.1, -0.05) is 25.1 Å².